The van der Waals surface area contributed by atoms with E-state index in [4.69, 9.17) is 16.3 Å². The number of aldehydes is 1. The van der Waals surface area contributed by atoms with Crippen LogP contribution in [-0.2, 0) is 17.4 Å². The molecular formula is C14H9ClF3NO2. The van der Waals surface area contributed by atoms with Crippen molar-refractivity contribution in [2.75, 3.05) is 0 Å². The van der Waals surface area contributed by atoms with E-state index in [0.717, 1.165) is 18.4 Å². The Morgan fingerprint density at radius 1 is 1.24 bits per heavy atom. The van der Waals surface area contributed by atoms with Gasteiger partial charge in [0.25, 0.3) is 0 Å². The molecule has 1 aromatic carbocycles. The standard InChI is InChI=1S/C14H9ClF3NO2/c15-12-3-2-10(7-11(12)14(16,17)18)21-13-4-1-9(5-6-20)8-19-13/h1-4,6-8H,5H2. The molecule has 0 bridgehead atoms. The molecule has 110 valence electrons. The minimum absolute atomic E-state index is 0.0256. The highest BCUT2D eigenvalue weighted by atomic mass is 35.5. The van der Waals surface area contributed by atoms with Crippen LogP contribution >= 0.6 is 11.6 Å². The van der Waals surface area contributed by atoms with Gasteiger partial charge >= 0.3 is 6.18 Å². The summed E-state index contributed by atoms with van der Waals surface area (Å²) in [6, 6.07) is 6.32. The summed E-state index contributed by atoms with van der Waals surface area (Å²) in [6.07, 6.45) is -2.19. The van der Waals surface area contributed by atoms with E-state index in [-0.39, 0.29) is 18.1 Å². The van der Waals surface area contributed by atoms with Crippen LogP contribution in [0.5, 0.6) is 11.6 Å². The molecule has 2 rings (SSSR count). The number of nitrogens with zero attached hydrogens (tertiary/aromatic N) is 1. The highest BCUT2D eigenvalue weighted by molar-refractivity contribution is 6.31. The van der Waals surface area contributed by atoms with E-state index in [9.17, 15) is 18.0 Å². The van der Waals surface area contributed by atoms with Gasteiger partial charge in [0, 0.05) is 18.7 Å². The van der Waals surface area contributed by atoms with Crippen molar-refractivity contribution >= 4 is 17.9 Å². The van der Waals surface area contributed by atoms with Gasteiger partial charge in [-0.3, -0.25) is 0 Å². The molecule has 0 aliphatic heterocycles. The second-order valence-electron chi connectivity index (χ2n) is 4.12. The van der Waals surface area contributed by atoms with Crippen molar-refractivity contribution in [2.24, 2.45) is 0 Å². The van der Waals surface area contributed by atoms with Crippen molar-refractivity contribution in [2.45, 2.75) is 12.6 Å². The second kappa shape index (κ2) is 6.13. The maximum atomic E-state index is 12.7. The average Bonchev–Trinajstić information content (AvgIpc) is 2.42. The molecule has 3 nitrogen and oxygen atoms in total. The van der Waals surface area contributed by atoms with Crippen LogP contribution in [0.4, 0.5) is 13.2 Å². The largest absolute Gasteiger partial charge is 0.439 e. The van der Waals surface area contributed by atoms with Gasteiger partial charge in [0.05, 0.1) is 10.6 Å². The summed E-state index contributed by atoms with van der Waals surface area (Å²) in [7, 11) is 0. The van der Waals surface area contributed by atoms with Crippen molar-refractivity contribution in [3.8, 4) is 11.6 Å². The summed E-state index contributed by atoms with van der Waals surface area (Å²) in [5.41, 5.74) is -0.288. The molecule has 21 heavy (non-hydrogen) atoms. The summed E-state index contributed by atoms with van der Waals surface area (Å²) in [5.74, 6) is 0.0995. The molecule has 0 N–H and O–H groups in total. The van der Waals surface area contributed by atoms with Crippen LogP contribution in [0.1, 0.15) is 11.1 Å². The second-order valence-corrected chi connectivity index (χ2v) is 4.52. The van der Waals surface area contributed by atoms with Crippen molar-refractivity contribution in [1.82, 2.24) is 4.98 Å². The molecule has 0 amide bonds. The first-order chi connectivity index (χ1) is 9.90. The molecule has 0 saturated heterocycles. The van der Waals surface area contributed by atoms with Gasteiger partial charge in [-0.2, -0.15) is 13.2 Å². The van der Waals surface area contributed by atoms with E-state index in [1.807, 2.05) is 0 Å². The lowest BCUT2D eigenvalue weighted by Gasteiger charge is -2.11. The smallest absolute Gasteiger partial charge is 0.417 e. The first-order valence-electron chi connectivity index (χ1n) is 5.83. The van der Waals surface area contributed by atoms with Crippen LogP contribution in [0, 0.1) is 0 Å². The number of rotatable bonds is 4. The first-order valence-corrected chi connectivity index (χ1v) is 6.21. The third-order valence-corrected chi connectivity index (χ3v) is 2.91. The predicted molar refractivity (Wildman–Crippen MR) is 70.5 cm³/mol. The molecule has 1 aromatic heterocycles. The topological polar surface area (TPSA) is 39.2 Å². The Labute approximate surface area is 123 Å². The SMILES string of the molecule is O=CCc1ccc(Oc2ccc(Cl)c(C(F)(F)F)c2)nc1. The monoisotopic (exact) mass is 315 g/mol. The molecule has 0 radical (unpaired) electrons. The van der Waals surface area contributed by atoms with E-state index >= 15 is 0 Å². The van der Waals surface area contributed by atoms with Crippen LogP contribution in [0.15, 0.2) is 36.5 Å². The van der Waals surface area contributed by atoms with E-state index in [1.165, 1.54) is 18.3 Å². The van der Waals surface area contributed by atoms with Crippen LogP contribution < -0.4 is 4.74 Å². The summed E-state index contributed by atoms with van der Waals surface area (Å²) in [5, 5.41) is -0.399. The van der Waals surface area contributed by atoms with Crippen LogP contribution in [-0.4, -0.2) is 11.3 Å². The Kier molecular flexibility index (Phi) is 4.47. The maximum absolute atomic E-state index is 12.7. The molecule has 0 atom stereocenters. The molecular weight excluding hydrogens is 307 g/mol. The number of pyridine rings is 1. The fourth-order valence-electron chi connectivity index (χ4n) is 1.59. The van der Waals surface area contributed by atoms with E-state index in [0.29, 0.717) is 5.56 Å². The van der Waals surface area contributed by atoms with Gasteiger partial charge in [0.15, 0.2) is 0 Å². The number of carbonyl (C=O) groups is 1. The Balaban J connectivity index is 2.21. The number of halogens is 4. The predicted octanol–water partition coefficient (Wildman–Crippen LogP) is 4.29. The van der Waals surface area contributed by atoms with Crippen molar-refractivity contribution in [1.29, 1.82) is 0 Å². The highest BCUT2D eigenvalue weighted by Gasteiger charge is 2.33. The van der Waals surface area contributed by atoms with Crippen molar-refractivity contribution in [3.63, 3.8) is 0 Å². The number of hydrogen-bond donors (Lipinski definition) is 0. The van der Waals surface area contributed by atoms with Gasteiger partial charge in [-0.25, -0.2) is 4.98 Å². The molecule has 0 saturated carbocycles. The van der Waals surface area contributed by atoms with Gasteiger partial charge in [-0.05, 0) is 23.8 Å². The fourth-order valence-corrected chi connectivity index (χ4v) is 1.82. The van der Waals surface area contributed by atoms with E-state index in [2.05, 4.69) is 4.98 Å². The van der Waals surface area contributed by atoms with Crippen LogP contribution in [0.3, 0.4) is 0 Å². The third-order valence-electron chi connectivity index (χ3n) is 2.58. The number of ether oxygens (including phenoxy) is 1. The molecule has 1 heterocycles. The lowest BCUT2D eigenvalue weighted by Crippen LogP contribution is -2.06. The lowest BCUT2D eigenvalue weighted by molar-refractivity contribution is -0.137. The van der Waals surface area contributed by atoms with Gasteiger partial charge < -0.3 is 9.53 Å². The summed E-state index contributed by atoms with van der Waals surface area (Å²) in [4.78, 5) is 14.2. The van der Waals surface area contributed by atoms with Gasteiger partial charge in [-0.1, -0.05) is 17.7 Å². The van der Waals surface area contributed by atoms with Crippen LogP contribution in [0.25, 0.3) is 0 Å². The minimum Gasteiger partial charge on any atom is -0.439 e. The molecule has 0 spiro atoms. The van der Waals surface area contributed by atoms with E-state index < -0.39 is 16.8 Å². The molecule has 0 aliphatic rings. The summed E-state index contributed by atoms with van der Waals surface area (Å²) < 4.78 is 43.4. The Morgan fingerprint density at radius 2 is 2.00 bits per heavy atom. The van der Waals surface area contributed by atoms with Crippen LogP contribution in [0.2, 0.25) is 5.02 Å². The van der Waals surface area contributed by atoms with Gasteiger partial charge in [0.1, 0.15) is 12.0 Å². The third kappa shape index (κ3) is 3.95. The number of benzene rings is 1. The number of hydrogen-bond acceptors (Lipinski definition) is 3. The molecule has 2 aromatic rings. The molecule has 0 aliphatic carbocycles. The molecule has 0 unspecified atom stereocenters. The van der Waals surface area contributed by atoms with Crippen molar-refractivity contribution < 1.29 is 22.7 Å². The van der Waals surface area contributed by atoms with Crippen molar-refractivity contribution in [3.05, 3.63) is 52.7 Å². The first kappa shape index (κ1) is 15.3. The quantitative estimate of drug-likeness (QED) is 0.790. The lowest BCUT2D eigenvalue weighted by atomic mass is 10.2. The summed E-state index contributed by atoms with van der Waals surface area (Å²) in [6.45, 7) is 0. The average molecular weight is 316 g/mol. The zero-order chi connectivity index (χ0) is 15.5. The Bertz CT molecular complexity index is 642. The Hall–Kier alpha value is -2.08. The Morgan fingerprint density at radius 3 is 2.57 bits per heavy atom. The normalized spacial score (nSPS) is 11.2. The maximum Gasteiger partial charge on any atom is 0.417 e. The molecule has 0 fully saturated rings. The highest BCUT2D eigenvalue weighted by Crippen LogP contribution is 2.37. The van der Waals surface area contributed by atoms with Gasteiger partial charge in [0.2, 0.25) is 5.88 Å². The number of carbonyl (C=O) groups excluding carboxylic acids is 1. The zero-order valence-corrected chi connectivity index (χ0v) is 11.3. The zero-order valence-electron chi connectivity index (χ0n) is 10.5. The molecule has 7 heteroatoms. The fraction of sp³-hybridized carbons (Fsp3) is 0.143. The van der Waals surface area contributed by atoms with Gasteiger partial charge in [-0.15, -0.1) is 0 Å². The summed E-state index contributed by atoms with van der Waals surface area (Å²) >= 11 is 5.52. The number of alkyl halides is 3. The number of aromatic nitrogens is 1. The van der Waals surface area contributed by atoms with E-state index in [1.54, 1.807) is 6.07 Å². The minimum atomic E-state index is -4.56.